The SMILES string of the molecule is CCCNC(CS(C)(=O)=O)c1ccc(C(C)CC)cc1. The monoisotopic (exact) mass is 297 g/mol. The number of sulfone groups is 1. The summed E-state index contributed by atoms with van der Waals surface area (Å²) in [6.45, 7) is 7.29. The van der Waals surface area contributed by atoms with Crippen LogP contribution in [-0.4, -0.2) is 27.0 Å². The second-order valence-corrected chi connectivity index (χ2v) is 7.76. The Kier molecular flexibility index (Phi) is 6.69. The molecule has 1 rings (SSSR count). The smallest absolute Gasteiger partial charge is 0.149 e. The fourth-order valence-corrected chi connectivity index (χ4v) is 3.10. The topological polar surface area (TPSA) is 46.2 Å². The Morgan fingerprint density at radius 2 is 1.65 bits per heavy atom. The third-order valence-corrected chi connectivity index (χ3v) is 4.57. The molecule has 0 radical (unpaired) electrons. The van der Waals surface area contributed by atoms with Crippen LogP contribution >= 0.6 is 0 Å². The Morgan fingerprint density at radius 3 is 2.10 bits per heavy atom. The molecule has 0 saturated heterocycles. The van der Waals surface area contributed by atoms with E-state index in [4.69, 9.17) is 0 Å². The minimum absolute atomic E-state index is 0.115. The summed E-state index contributed by atoms with van der Waals surface area (Å²) in [5.74, 6) is 0.691. The van der Waals surface area contributed by atoms with E-state index in [2.05, 4.69) is 50.4 Å². The molecule has 0 amide bonds. The molecule has 0 aromatic heterocycles. The molecule has 0 aliphatic heterocycles. The van der Waals surface area contributed by atoms with Gasteiger partial charge >= 0.3 is 0 Å². The third kappa shape index (κ3) is 5.63. The Hall–Kier alpha value is -0.870. The predicted molar refractivity (Wildman–Crippen MR) is 85.9 cm³/mol. The number of hydrogen-bond acceptors (Lipinski definition) is 3. The summed E-state index contributed by atoms with van der Waals surface area (Å²) in [7, 11) is -3.00. The molecule has 0 fully saturated rings. The van der Waals surface area contributed by atoms with Crippen LogP contribution in [0.3, 0.4) is 0 Å². The van der Waals surface area contributed by atoms with E-state index in [1.165, 1.54) is 11.8 Å². The average Bonchev–Trinajstić information content (AvgIpc) is 2.41. The van der Waals surface area contributed by atoms with Gasteiger partial charge in [-0.2, -0.15) is 0 Å². The van der Waals surface area contributed by atoms with Gasteiger partial charge in [-0.05, 0) is 36.4 Å². The first-order valence-electron chi connectivity index (χ1n) is 7.38. The van der Waals surface area contributed by atoms with Gasteiger partial charge in [-0.3, -0.25) is 0 Å². The van der Waals surface area contributed by atoms with Crippen molar-refractivity contribution in [3.8, 4) is 0 Å². The summed E-state index contributed by atoms with van der Waals surface area (Å²) < 4.78 is 23.1. The average molecular weight is 297 g/mol. The number of hydrogen-bond donors (Lipinski definition) is 1. The predicted octanol–water partition coefficient (Wildman–Crippen LogP) is 3.29. The van der Waals surface area contributed by atoms with Crippen LogP contribution in [0.2, 0.25) is 0 Å². The van der Waals surface area contributed by atoms with Crippen molar-refractivity contribution in [3.63, 3.8) is 0 Å². The van der Waals surface area contributed by atoms with Crippen LogP contribution in [0.4, 0.5) is 0 Å². The van der Waals surface area contributed by atoms with Gasteiger partial charge in [0, 0.05) is 12.3 Å². The molecule has 0 heterocycles. The zero-order valence-electron chi connectivity index (χ0n) is 13.0. The van der Waals surface area contributed by atoms with E-state index >= 15 is 0 Å². The molecule has 1 aromatic rings. The minimum Gasteiger partial charge on any atom is -0.309 e. The highest BCUT2D eigenvalue weighted by Crippen LogP contribution is 2.22. The molecule has 4 heteroatoms. The third-order valence-electron chi connectivity index (χ3n) is 3.63. The Labute approximate surface area is 123 Å². The molecule has 2 unspecified atom stereocenters. The highest BCUT2D eigenvalue weighted by Gasteiger charge is 2.17. The van der Waals surface area contributed by atoms with Crippen molar-refractivity contribution in [3.05, 3.63) is 35.4 Å². The van der Waals surface area contributed by atoms with Gasteiger partial charge in [-0.25, -0.2) is 8.42 Å². The van der Waals surface area contributed by atoms with E-state index in [-0.39, 0.29) is 11.8 Å². The molecular formula is C16H27NO2S. The van der Waals surface area contributed by atoms with Crippen LogP contribution in [-0.2, 0) is 9.84 Å². The van der Waals surface area contributed by atoms with Crippen LogP contribution in [0.1, 0.15) is 56.7 Å². The van der Waals surface area contributed by atoms with Crippen molar-refractivity contribution in [1.29, 1.82) is 0 Å². The number of benzene rings is 1. The minimum atomic E-state index is -3.00. The summed E-state index contributed by atoms with van der Waals surface area (Å²) in [5, 5.41) is 3.33. The molecular weight excluding hydrogens is 270 g/mol. The van der Waals surface area contributed by atoms with E-state index in [1.54, 1.807) is 0 Å². The lowest BCUT2D eigenvalue weighted by molar-refractivity contribution is 0.549. The lowest BCUT2D eigenvalue weighted by Gasteiger charge is -2.19. The van der Waals surface area contributed by atoms with Crippen molar-refractivity contribution >= 4 is 9.84 Å². The quantitative estimate of drug-likeness (QED) is 0.801. The van der Waals surface area contributed by atoms with Crippen molar-refractivity contribution in [2.24, 2.45) is 0 Å². The van der Waals surface area contributed by atoms with E-state index in [0.717, 1.165) is 24.9 Å². The summed E-state index contributed by atoms with van der Waals surface area (Å²) >= 11 is 0. The summed E-state index contributed by atoms with van der Waals surface area (Å²) in [6.07, 6.45) is 3.40. The molecule has 20 heavy (non-hydrogen) atoms. The summed E-state index contributed by atoms with van der Waals surface area (Å²) in [6, 6.07) is 8.23. The van der Waals surface area contributed by atoms with Gasteiger partial charge in [0.1, 0.15) is 9.84 Å². The second kappa shape index (κ2) is 7.79. The van der Waals surface area contributed by atoms with Gasteiger partial charge in [0.2, 0.25) is 0 Å². The largest absolute Gasteiger partial charge is 0.309 e. The van der Waals surface area contributed by atoms with Crippen molar-refractivity contribution < 1.29 is 8.42 Å². The number of nitrogens with one attached hydrogen (secondary N) is 1. The van der Waals surface area contributed by atoms with Crippen LogP contribution in [0.5, 0.6) is 0 Å². The van der Waals surface area contributed by atoms with Crippen LogP contribution in [0.15, 0.2) is 24.3 Å². The molecule has 2 atom stereocenters. The molecule has 1 N–H and O–H groups in total. The maximum absolute atomic E-state index is 11.6. The first kappa shape index (κ1) is 17.2. The lowest BCUT2D eigenvalue weighted by atomic mass is 9.96. The Bertz CT molecular complexity index is 494. The van der Waals surface area contributed by atoms with E-state index < -0.39 is 9.84 Å². The van der Waals surface area contributed by atoms with Crippen LogP contribution in [0.25, 0.3) is 0 Å². The summed E-state index contributed by atoms with van der Waals surface area (Å²) in [5.41, 5.74) is 2.36. The zero-order valence-corrected chi connectivity index (χ0v) is 13.8. The van der Waals surface area contributed by atoms with Crippen molar-refractivity contribution in [2.45, 2.75) is 45.6 Å². The van der Waals surface area contributed by atoms with Gasteiger partial charge in [0.25, 0.3) is 0 Å². The molecule has 3 nitrogen and oxygen atoms in total. The Morgan fingerprint density at radius 1 is 1.10 bits per heavy atom. The van der Waals surface area contributed by atoms with E-state index in [0.29, 0.717) is 5.92 Å². The molecule has 0 aliphatic rings. The van der Waals surface area contributed by atoms with Crippen LogP contribution in [0, 0.1) is 0 Å². The zero-order chi connectivity index (χ0) is 15.2. The molecule has 1 aromatic carbocycles. The lowest BCUT2D eigenvalue weighted by Crippen LogP contribution is -2.28. The molecule has 0 aliphatic carbocycles. The molecule has 0 spiro atoms. The second-order valence-electron chi connectivity index (χ2n) is 5.58. The molecule has 114 valence electrons. The number of rotatable bonds is 8. The van der Waals surface area contributed by atoms with Gasteiger partial charge in [0.15, 0.2) is 0 Å². The summed E-state index contributed by atoms with van der Waals surface area (Å²) in [4.78, 5) is 0. The highest BCUT2D eigenvalue weighted by atomic mass is 32.2. The van der Waals surface area contributed by atoms with E-state index in [9.17, 15) is 8.42 Å². The highest BCUT2D eigenvalue weighted by molar-refractivity contribution is 7.90. The van der Waals surface area contributed by atoms with Gasteiger partial charge in [-0.15, -0.1) is 0 Å². The maximum Gasteiger partial charge on any atom is 0.149 e. The van der Waals surface area contributed by atoms with Gasteiger partial charge in [-0.1, -0.05) is 45.0 Å². The van der Waals surface area contributed by atoms with Crippen LogP contribution < -0.4 is 5.32 Å². The molecule has 0 bridgehead atoms. The maximum atomic E-state index is 11.6. The fraction of sp³-hybridized carbons (Fsp3) is 0.625. The van der Waals surface area contributed by atoms with Crippen molar-refractivity contribution in [2.75, 3.05) is 18.6 Å². The Balaban J connectivity index is 2.90. The first-order chi connectivity index (χ1) is 9.37. The fourth-order valence-electron chi connectivity index (χ4n) is 2.19. The van der Waals surface area contributed by atoms with Gasteiger partial charge < -0.3 is 5.32 Å². The molecule has 0 saturated carbocycles. The standard InChI is InChI=1S/C16H27NO2S/c1-5-11-17-16(12-20(4,18)19)15-9-7-14(8-10-15)13(3)6-2/h7-10,13,16-17H,5-6,11-12H2,1-4H3. The van der Waals surface area contributed by atoms with E-state index in [1.807, 2.05) is 0 Å². The normalized spacial score (nSPS) is 15.0. The van der Waals surface area contributed by atoms with Gasteiger partial charge in [0.05, 0.1) is 5.75 Å². The van der Waals surface area contributed by atoms with Crippen molar-refractivity contribution in [1.82, 2.24) is 5.32 Å². The first-order valence-corrected chi connectivity index (χ1v) is 9.44.